The summed E-state index contributed by atoms with van der Waals surface area (Å²) in [5, 5.41) is 10.9. The maximum Gasteiger partial charge on any atom is 0.352 e. The van der Waals surface area contributed by atoms with Crippen LogP contribution in [0.25, 0.3) is 5.65 Å². The summed E-state index contributed by atoms with van der Waals surface area (Å²) < 4.78 is 2.37. The van der Waals surface area contributed by atoms with Crippen LogP contribution in [0.5, 0.6) is 0 Å². The van der Waals surface area contributed by atoms with Gasteiger partial charge >= 0.3 is 5.69 Å². The van der Waals surface area contributed by atoms with E-state index < -0.39 is 0 Å². The highest BCUT2D eigenvalue weighted by Crippen LogP contribution is 2.53. The predicted octanol–water partition coefficient (Wildman–Crippen LogP) is 1.55. The van der Waals surface area contributed by atoms with Crippen LogP contribution in [0, 0.1) is 17.3 Å². The maximum absolute atomic E-state index is 12.9. The molecule has 2 aromatic heterocycles. The topological polar surface area (TPSA) is 94.2 Å². The molecule has 140 valence electrons. The number of aromatic nitrogens is 5. The molecule has 2 aliphatic rings. The van der Waals surface area contributed by atoms with Gasteiger partial charge in [0.15, 0.2) is 11.3 Å². The van der Waals surface area contributed by atoms with Gasteiger partial charge < -0.3 is 5.32 Å². The molecule has 1 amide bonds. The van der Waals surface area contributed by atoms with E-state index in [9.17, 15) is 9.59 Å². The lowest BCUT2D eigenvalue weighted by Gasteiger charge is -2.53. The first-order chi connectivity index (χ1) is 12.2. The molecule has 8 nitrogen and oxygen atoms in total. The van der Waals surface area contributed by atoms with E-state index in [-0.39, 0.29) is 33.9 Å². The highest BCUT2D eigenvalue weighted by molar-refractivity contribution is 5.98. The zero-order chi connectivity index (χ0) is 18.7. The molecule has 0 spiro atoms. The van der Waals surface area contributed by atoms with Crippen molar-refractivity contribution in [1.82, 2.24) is 29.7 Å². The minimum absolute atomic E-state index is 0.158. The van der Waals surface area contributed by atoms with E-state index >= 15 is 0 Å². The van der Waals surface area contributed by atoms with Crippen LogP contribution in [0.2, 0.25) is 0 Å². The number of amides is 1. The van der Waals surface area contributed by atoms with Crippen molar-refractivity contribution in [3.8, 4) is 0 Å². The summed E-state index contributed by atoms with van der Waals surface area (Å²) in [6.45, 7) is 6.82. The molecular weight excluding hydrogens is 332 g/mol. The lowest BCUT2D eigenvalue weighted by molar-refractivity contribution is 0.00717. The van der Waals surface area contributed by atoms with Gasteiger partial charge in [-0.05, 0) is 56.3 Å². The molecular formula is C18H26N6O2. The molecule has 0 aromatic carbocycles. The number of fused-ring (bicyclic) bond motifs is 3. The monoisotopic (exact) mass is 358 g/mol. The average molecular weight is 358 g/mol. The third-order valence-corrected chi connectivity index (χ3v) is 6.04. The van der Waals surface area contributed by atoms with E-state index in [1.165, 1.54) is 37.0 Å². The van der Waals surface area contributed by atoms with E-state index in [0.717, 1.165) is 23.4 Å². The van der Waals surface area contributed by atoms with Gasteiger partial charge in [0, 0.05) is 12.6 Å². The number of carbonyl (C=O) groups excluding carboxylic acids is 1. The fourth-order valence-electron chi connectivity index (χ4n) is 5.78. The number of imidazole rings is 1. The Morgan fingerprint density at radius 1 is 1.31 bits per heavy atom. The van der Waals surface area contributed by atoms with Gasteiger partial charge in [0.1, 0.15) is 6.33 Å². The van der Waals surface area contributed by atoms with Crippen LogP contribution in [0.4, 0.5) is 0 Å². The van der Waals surface area contributed by atoms with E-state index in [2.05, 4.69) is 41.4 Å². The number of aryl methyl sites for hydroxylation is 1. The third kappa shape index (κ3) is 2.81. The van der Waals surface area contributed by atoms with Gasteiger partial charge in [-0.3, -0.25) is 4.79 Å². The number of nitrogens with zero attached hydrogens (tertiary/aromatic N) is 5. The van der Waals surface area contributed by atoms with Crippen molar-refractivity contribution in [2.75, 3.05) is 0 Å². The summed E-state index contributed by atoms with van der Waals surface area (Å²) in [6, 6.07) is 0. The average Bonchev–Trinajstić information content (AvgIpc) is 2.92. The number of hydrogen-bond donors (Lipinski definition) is 1. The van der Waals surface area contributed by atoms with Crippen LogP contribution in [0.3, 0.4) is 0 Å². The van der Waals surface area contributed by atoms with Crippen molar-refractivity contribution in [2.24, 2.45) is 24.3 Å². The van der Waals surface area contributed by atoms with Gasteiger partial charge in [0.2, 0.25) is 0 Å². The van der Waals surface area contributed by atoms with Crippen molar-refractivity contribution in [2.45, 2.75) is 58.4 Å². The Labute approximate surface area is 152 Å². The van der Waals surface area contributed by atoms with Crippen molar-refractivity contribution >= 4 is 11.6 Å². The van der Waals surface area contributed by atoms with Crippen LogP contribution < -0.4 is 11.0 Å². The summed E-state index contributed by atoms with van der Waals surface area (Å²) in [6.07, 6.45) is 6.98. The Balaban J connectivity index is 1.61. The van der Waals surface area contributed by atoms with Gasteiger partial charge in [-0.2, -0.15) is 4.68 Å². The molecule has 2 saturated carbocycles. The third-order valence-electron chi connectivity index (χ3n) is 6.04. The van der Waals surface area contributed by atoms with Crippen LogP contribution in [0.15, 0.2) is 11.1 Å². The van der Waals surface area contributed by atoms with Gasteiger partial charge in [0.05, 0.1) is 0 Å². The highest BCUT2D eigenvalue weighted by Gasteiger charge is 2.48. The zero-order valence-electron chi connectivity index (χ0n) is 15.8. The highest BCUT2D eigenvalue weighted by atomic mass is 16.2. The summed E-state index contributed by atoms with van der Waals surface area (Å²) in [7, 11) is 1.51. The fourth-order valence-corrected chi connectivity index (χ4v) is 5.78. The molecule has 2 heterocycles. The number of hydrogen-bond acceptors (Lipinski definition) is 5. The fraction of sp³-hybridized carbons (Fsp3) is 0.722. The molecule has 0 radical (unpaired) electrons. The zero-order valence-corrected chi connectivity index (χ0v) is 15.8. The summed E-state index contributed by atoms with van der Waals surface area (Å²) >= 11 is 0. The molecule has 2 aromatic rings. The first-order valence-corrected chi connectivity index (χ1v) is 9.28. The minimum Gasteiger partial charge on any atom is -0.345 e. The Bertz CT molecular complexity index is 929. The van der Waals surface area contributed by atoms with Gasteiger partial charge in [-0.25, -0.2) is 14.2 Å². The van der Waals surface area contributed by atoms with Crippen molar-refractivity contribution in [3.63, 3.8) is 0 Å². The van der Waals surface area contributed by atoms with Gasteiger partial charge in [-0.1, -0.05) is 19.1 Å². The summed E-state index contributed by atoms with van der Waals surface area (Å²) in [5.74, 6) is 1.12. The Kier molecular flexibility index (Phi) is 3.71. The van der Waals surface area contributed by atoms with Crippen molar-refractivity contribution in [3.05, 3.63) is 22.5 Å². The second-order valence-electron chi connectivity index (χ2n) is 9.10. The van der Waals surface area contributed by atoms with Gasteiger partial charge in [0.25, 0.3) is 5.91 Å². The Morgan fingerprint density at radius 3 is 2.81 bits per heavy atom. The van der Waals surface area contributed by atoms with Crippen LogP contribution in [-0.2, 0) is 7.05 Å². The number of rotatable bonds is 2. The van der Waals surface area contributed by atoms with E-state index in [1.54, 1.807) is 0 Å². The summed E-state index contributed by atoms with van der Waals surface area (Å²) in [4.78, 5) is 29.1. The quantitative estimate of drug-likeness (QED) is 0.879. The number of nitrogens with one attached hydrogen (secondary N) is 1. The molecule has 4 rings (SSSR count). The first kappa shape index (κ1) is 17.2. The Hall–Kier alpha value is -2.25. The smallest absolute Gasteiger partial charge is 0.345 e. The molecule has 2 aliphatic carbocycles. The molecule has 2 bridgehead atoms. The van der Waals surface area contributed by atoms with Crippen molar-refractivity contribution < 1.29 is 4.79 Å². The van der Waals surface area contributed by atoms with Crippen LogP contribution in [-0.4, -0.2) is 35.8 Å². The normalized spacial score (nSPS) is 34.0. The van der Waals surface area contributed by atoms with E-state index in [4.69, 9.17) is 0 Å². The lowest BCUT2D eigenvalue weighted by atomic mass is 9.55. The summed E-state index contributed by atoms with van der Waals surface area (Å²) in [5.41, 5.74) is -0.00993. The largest absolute Gasteiger partial charge is 0.352 e. The molecule has 26 heavy (non-hydrogen) atoms. The van der Waals surface area contributed by atoms with Gasteiger partial charge in [-0.15, -0.1) is 5.10 Å². The standard InChI is InChI=1S/C18H26N6O2/c1-11-5-12-7-17(2,6-11)9-18(3,8-12)20-15(25)13-14-21-22-23(4)16(26)24(14)10-19-13/h10-12H,5-9H2,1-4H3,(H,20,25)/t11?,12-,17-,18?/m1/s1. The van der Waals surface area contributed by atoms with Crippen molar-refractivity contribution in [1.29, 1.82) is 0 Å². The minimum atomic E-state index is -0.374. The van der Waals surface area contributed by atoms with Crippen LogP contribution in [0.1, 0.15) is 63.4 Å². The molecule has 2 fully saturated rings. The molecule has 4 atom stereocenters. The SMILES string of the molecule is CC1C[C@H]2CC(C)(NC(=O)c3ncn4c(=O)n(C)nnc34)C[C@](C)(C1)C2. The first-order valence-electron chi connectivity index (χ1n) is 9.28. The molecule has 0 aliphatic heterocycles. The predicted molar refractivity (Wildman–Crippen MR) is 95.7 cm³/mol. The molecule has 8 heteroatoms. The van der Waals surface area contributed by atoms with E-state index in [1.807, 2.05) is 0 Å². The lowest BCUT2D eigenvalue weighted by Crippen LogP contribution is -2.55. The second kappa shape index (κ2) is 5.62. The molecule has 2 unspecified atom stereocenters. The second-order valence-corrected chi connectivity index (χ2v) is 9.10. The maximum atomic E-state index is 12.9. The number of carbonyl (C=O) groups is 1. The molecule has 0 saturated heterocycles. The van der Waals surface area contributed by atoms with Crippen LogP contribution >= 0.6 is 0 Å². The molecule has 1 N–H and O–H groups in total. The van der Waals surface area contributed by atoms with E-state index in [0.29, 0.717) is 5.92 Å². The Morgan fingerprint density at radius 2 is 2.08 bits per heavy atom.